The van der Waals surface area contributed by atoms with Gasteiger partial charge in [0.25, 0.3) is 0 Å². The Morgan fingerprint density at radius 3 is 2.28 bits per heavy atom. The molecule has 0 radical (unpaired) electrons. The van der Waals surface area contributed by atoms with Crippen LogP contribution in [0.4, 0.5) is 0 Å². The van der Waals surface area contributed by atoms with Crippen LogP contribution in [0.15, 0.2) is 41.5 Å². The Balaban J connectivity index is 2.03. The van der Waals surface area contributed by atoms with Crippen molar-refractivity contribution < 1.29 is 23.7 Å². The lowest BCUT2D eigenvalue weighted by atomic mass is 9.97. The molecule has 0 fully saturated rings. The summed E-state index contributed by atoms with van der Waals surface area (Å²) in [6.07, 6.45) is 0.899. The number of nitrogens with zero attached hydrogens (tertiary/aromatic N) is 2. The molecule has 1 atom stereocenters. The summed E-state index contributed by atoms with van der Waals surface area (Å²) in [6, 6.07) is 10.9. The molecule has 2 aromatic rings. The van der Waals surface area contributed by atoms with E-state index in [9.17, 15) is 4.79 Å². The summed E-state index contributed by atoms with van der Waals surface area (Å²) in [7, 11) is 6.41. The molecule has 0 N–H and O–H groups in total. The van der Waals surface area contributed by atoms with Crippen LogP contribution >= 0.6 is 0 Å². The van der Waals surface area contributed by atoms with Crippen molar-refractivity contribution in [3.8, 4) is 23.0 Å². The first-order valence-corrected chi connectivity index (χ1v) is 9.40. The number of hydrogen-bond acceptors (Lipinski definition) is 6. The molecular weight excluding hydrogens is 372 g/mol. The highest BCUT2D eigenvalue weighted by molar-refractivity contribution is 6.03. The standard InChI is InChI=1S/C22H26N2O5/c1-6-22(25)24-18(16-12-15(26-2)8-10-19(16)27-3)13-17(23-24)14-7-9-20(28-4)21(11-14)29-5/h7-12,18H,6,13H2,1-5H3/t18-/m0/s1. The van der Waals surface area contributed by atoms with Gasteiger partial charge in [-0.15, -0.1) is 0 Å². The molecule has 29 heavy (non-hydrogen) atoms. The number of hydrogen-bond donors (Lipinski definition) is 0. The van der Waals surface area contributed by atoms with Crippen molar-refractivity contribution in [1.82, 2.24) is 5.01 Å². The maximum atomic E-state index is 12.7. The van der Waals surface area contributed by atoms with Gasteiger partial charge in [-0.3, -0.25) is 4.79 Å². The molecule has 0 saturated carbocycles. The van der Waals surface area contributed by atoms with E-state index < -0.39 is 0 Å². The Labute approximate surface area is 170 Å². The van der Waals surface area contributed by atoms with Gasteiger partial charge < -0.3 is 18.9 Å². The fraction of sp³-hybridized carbons (Fsp3) is 0.364. The minimum Gasteiger partial charge on any atom is -0.497 e. The lowest BCUT2D eigenvalue weighted by Crippen LogP contribution is -2.26. The van der Waals surface area contributed by atoms with Crippen LogP contribution in [-0.2, 0) is 4.79 Å². The highest BCUT2D eigenvalue weighted by Gasteiger charge is 2.34. The maximum Gasteiger partial charge on any atom is 0.242 e. The summed E-state index contributed by atoms with van der Waals surface area (Å²) < 4.78 is 21.7. The molecule has 2 aromatic carbocycles. The van der Waals surface area contributed by atoms with E-state index in [0.717, 1.165) is 16.8 Å². The maximum absolute atomic E-state index is 12.7. The predicted molar refractivity (Wildman–Crippen MR) is 110 cm³/mol. The van der Waals surface area contributed by atoms with Crippen molar-refractivity contribution >= 4 is 11.6 Å². The summed E-state index contributed by atoms with van der Waals surface area (Å²) in [5, 5.41) is 6.20. The van der Waals surface area contributed by atoms with Crippen LogP contribution in [0.5, 0.6) is 23.0 Å². The third-order valence-corrected chi connectivity index (χ3v) is 4.98. The van der Waals surface area contributed by atoms with E-state index in [1.165, 1.54) is 0 Å². The average molecular weight is 398 g/mol. The number of carbonyl (C=O) groups excluding carboxylic acids is 1. The molecule has 1 amide bonds. The van der Waals surface area contributed by atoms with Gasteiger partial charge in [0.05, 0.1) is 40.2 Å². The highest BCUT2D eigenvalue weighted by atomic mass is 16.5. The quantitative estimate of drug-likeness (QED) is 0.709. The van der Waals surface area contributed by atoms with Gasteiger partial charge in [0.1, 0.15) is 11.5 Å². The third-order valence-electron chi connectivity index (χ3n) is 4.98. The van der Waals surface area contributed by atoms with E-state index in [1.807, 2.05) is 43.3 Å². The van der Waals surface area contributed by atoms with Crippen molar-refractivity contribution in [3.05, 3.63) is 47.5 Å². The van der Waals surface area contributed by atoms with E-state index in [4.69, 9.17) is 18.9 Å². The molecule has 7 nitrogen and oxygen atoms in total. The van der Waals surface area contributed by atoms with Gasteiger partial charge in [-0.25, -0.2) is 5.01 Å². The lowest BCUT2D eigenvalue weighted by Gasteiger charge is -2.23. The van der Waals surface area contributed by atoms with Gasteiger partial charge in [0.15, 0.2) is 11.5 Å². The molecule has 0 bridgehead atoms. The summed E-state index contributed by atoms with van der Waals surface area (Å²) in [6.45, 7) is 1.83. The van der Waals surface area contributed by atoms with Crippen molar-refractivity contribution in [1.29, 1.82) is 0 Å². The second-order valence-electron chi connectivity index (χ2n) is 6.54. The molecule has 0 spiro atoms. The Hall–Kier alpha value is -3.22. The normalized spacial score (nSPS) is 15.7. The monoisotopic (exact) mass is 398 g/mol. The minimum atomic E-state index is -0.282. The Bertz CT molecular complexity index is 925. The lowest BCUT2D eigenvalue weighted by molar-refractivity contribution is -0.132. The fourth-order valence-corrected chi connectivity index (χ4v) is 3.43. The van der Waals surface area contributed by atoms with Crippen LogP contribution in [-0.4, -0.2) is 45.1 Å². The van der Waals surface area contributed by atoms with Crippen molar-refractivity contribution in [3.63, 3.8) is 0 Å². The number of benzene rings is 2. The van der Waals surface area contributed by atoms with Crippen LogP contribution in [0.2, 0.25) is 0 Å². The summed E-state index contributed by atoms with van der Waals surface area (Å²) in [5.74, 6) is 2.58. The molecule has 0 aliphatic carbocycles. The zero-order valence-corrected chi connectivity index (χ0v) is 17.4. The van der Waals surface area contributed by atoms with Gasteiger partial charge >= 0.3 is 0 Å². The van der Waals surface area contributed by atoms with Gasteiger partial charge in [-0.1, -0.05) is 6.92 Å². The zero-order chi connectivity index (χ0) is 21.0. The molecule has 3 rings (SSSR count). The Morgan fingerprint density at radius 1 is 0.966 bits per heavy atom. The molecule has 1 aliphatic heterocycles. The zero-order valence-electron chi connectivity index (χ0n) is 17.4. The Morgan fingerprint density at radius 2 is 1.66 bits per heavy atom. The first-order chi connectivity index (χ1) is 14.1. The topological polar surface area (TPSA) is 69.6 Å². The molecule has 0 unspecified atom stereocenters. The van der Waals surface area contributed by atoms with Crippen LogP contribution in [0.1, 0.15) is 36.9 Å². The van der Waals surface area contributed by atoms with Crippen molar-refractivity contribution in [2.45, 2.75) is 25.8 Å². The smallest absolute Gasteiger partial charge is 0.242 e. The summed E-state index contributed by atoms with van der Waals surface area (Å²) in [4.78, 5) is 12.7. The fourth-order valence-electron chi connectivity index (χ4n) is 3.43. The van der Waals surface area contributed by atoms with Crippen molar-refractivity contribution in [2.24, 2.45) is 5.10 Å². The first kappa shape index (κ1) is 20.5. The van der Waals surface area contributed by atoms with E-state index in [0.29, 0.717) is 35.8 Å². The third kappa shape index (κ3) is 3.99. The van der Waals surface area contributed by atoms with Gasteiger partial charge in [-0.2, -0.15) is 5.10 Å². The van der Waals surface area contributed by atoms with E-state index >= 15 is 0 Å². The van der Waals surface area contributed by atoms with Crippen LogP contribution < -0.4 is 18.9 Å². The van der Waals surface area contributed by atoms with E-state index in [-0.39, 0.29) is 11.9 Å². The van der Waals surface area contributed by atoms with E-state index in [2.05, 4.69) is 5.10 Å². The second kappa shape index (κ2) is 8.86. The van der Waals surface area contributed by atoms with Crippen LogP contribution in [0.25, 0.3) is 0 Å². The molecule has 1 heterocycles. The molecule has 0 aromatic heterocycles. The first-order valence-electron chi connectivity index (χ1n) is 9.40. The number of hydrazone groups is 1. The van der Waals surface area contributed by atoms with Crippen molar-refractivity contribution in [2.75, 3.05) is 28.4 Å². The number of ether oxygens (including phenoxy) is 4. The number of methoxy groups -OCH3 is 4. The summed E-state index contributed by atoms with van der Waals surface area (Å²) >= 11 is 0. The molecule has 7 heteroatoms. The SMILES string of the molecule is CCC(=O)N1N=C(c2ccc(OC)c(OC)c2)C[C@H]1c1cc(OC)ccc1OC. The number of amides is 1. The highest BCUT2D eigenvalue weighted by Crippen LogP contribution is 2.40. The van der Waals surface area contributed by atoms with E-state index in [1.54, 1.807) is 33.4 Å². The Kier molecular flexibility index (Phi) is 6.26. The van der Waals surface area contributed by atoms with Gasteiger partial charge in [0, 0.05) is 24.0 Å². The number of rotatable bonds is 7. The molecular formula is C22H26N2O5. The van der Waals surface area contributed by atoms with Gasteiger partial charge in [-0.05, 0) is 36.4 Å². The average Bonchev–Trinajstić information content (AvgIpc) is 3.22. The molecule has 154 valence electrons. The molecule has 0 saturated heterocycles. The minimum absolute atomic E-state index is 0.0599. The summed E-state index contributed by atoms with van der Waals surface area (Å²) in [5.41, 5.74) is 2.52. The van der Waals surface area contributed by atoms with Gasteiger partial charge in [0.2, 0.25) is 5.91 Å². The molecule has 1 aliphatic rings. The largest absolute Gasteiger partial charge is 0.497 e. The number of carbonyl (C=O) groups is 1. The van der Waals surface area contributed by atoms with Crippen LogP contribution in [0.3, 0.4) is 0 Å². The van der Waals surface area contributed by atoms with Crippen LogP contribution in [0, 0.1) is 0 Å². The predicted octanol–water partition coefficient (Wildman–Crippen LogP) is 3.81. The second-order valence-corrected chi connectivity index (χ2v) is 6.54.